The first-order chi connectivity index (χ1) is 23.8. The number of hydrogen-bond acceptors (Lipinski definition) is 9. The Kier molecular flexibility index (Phi) is 9.35. The number of amides is 1. The number of carbonyl (C=O) groups is 2. The van der Waals surface area contributed by atoms with Crippen LogP contribution in [0.25, 0.3) is 0 Å². The number of ether oxygens (including phenoxy) is 6. The molecule has 1 aliphatic carbocycles. The molecule has 0 spiro atoms. The number of halogens is 1. The smallest absolute Gasteiger partial charge is 0.259 e. The van der Waals surface area contributed by atoms with E-state index in [0.29, 0.717) is 57.6 Å². The monoisotopic (exact) mass is 668 g/mol. The summed E-state index contributed by atoms with van der Waals surface area (Å²) in [4.78, 5) is 30.9. The Bertz CT molecular complexity index is 1910. The van der Waals surface area contributed by atoms with Gasteiger partial charge in [-0.2, -0.15) is 0 Å². The summed E-state index contributed by atoms with van der Waals surface area (Å²) in [6, 6.07) is 19.1. The number of nitrogens with zero attached hydrogens (tertiary/aromatic N) is 1. The standard InChI is InChI=1S/C38H37FN2O8/c1-44-30-17-23(18-31(45-2)36(30)48-5)22-15-27-34(29(42)16-22)35(21-10-9-11-25(39)14-21)41(28-13-8-7-12-26(28)40-27)38(43)24-19-32(46-3)37(49-6)33(20-24)47-4/h7-14,17-20,22,35,40H,15-16H2,1-6H3/t22-,35+/m1/s1. The second-order valence-electron chi connectivity index (χ2n) is 11.6. The highest BCUT2D eigenvalue weighted by atomic mass is 19.1. The molecule has 1 N–H and O–H groups in total. The van der Waals surface area contributed by atoms with Crippen LogP contribution >= 0.6 is 0 Å². The maximum atomic E-state index is 15.0. The molecule has 2 aliphatic rings. The number of ketones is 1. The average molecular weight is 669 g/mol. The number of rotatable bonds is 9. The highest BCUT2D eigenvalue weighted by Crippen LogP contribution is 2.50. The average Bonchev–Trinajstić information content (AvgIpc) is 3.27. The number of Topliss-reactive ketones (excluding diaryl/α,β-unsaturated/α-hetero) is 1. The van der Waals surface area contributed by atoms with Crippen molar-refractivity contribution in [1.29, 1.82) is 0 Å². The topological polar surface area (TPSA) is 105 Å². The molecule has 6 rings (SSSR count). The highest BCUT2D eigenvalue weighted by molar-refractivity contribution is 6.12. The van der Waals surface area contributed by atoms with E-state index >= 15 is 0 Å². The molecular weight excluding hydrogens is 631 g/mol. The lowest BCUT2D eigenvalue weighted by Gasteiger charge is -2.35. The summed E-state index contributed by atoms with van der Waals surface area (Å²) in [5.41, 5.74) is 3.57. The van der Waals surface area contributed by atoms with Crippen LogP contribution in [0, 0.1) is 5.82 Å². The van der Waals surface area contributed by atoms with Crippen molar-refractivity contribution >= 4 is 23.1 Å². The molecule has 11 heteroatoms. The van der Waals surface area contributed by atoms with Gasteiger partial charge in [0, 0.05) is 23.3 Å². The third-order valence-corrected chi connectivity index (χ3v) is 8.94. The van der Waals surface area contributed by atoms with Gasteiger partial charge in [-0.3, -0.25) is 14.5 Å². The summed E-state index contributed by atoms with van der Waals surface area (Å²) in [6.45, 7) is 0. The molecule has 0 aromatic heterocycles. The zero-order chi connectivity index (χ0) is 34.8. The minimum atomic E-state index is -0.984. The molecule has 254 valence electrons. The van der Waals surface area contributed by atoms with Crippen molar-refractivity contribution in [3.05, 3.63) is 107 Å². The molecular formula is C38H37FN2O8. The van der Waals surface area contributed by atoms with Gasteiger partial charge >= 0.3 is 0 Å². The first-order valence-corrected chi connectivity index (χ1v) is 15.6. The van der Waals surface area contributed by atoms with Crippen molar-refractivity contribution in [2.45, 2.75) is 24.8 Å². The Hall–Kier alpha value is -5.71. The number of hydrogen-bond donors (Lipinski definition) is 1. The number of anilines is 2. The first-order valence-electron chi connectivity index (χ1n) is 15.6. The third-order valence-electron chi connectivity index (χ3n) is 8.94. The number of nitrogens with one attached hydrogen (secondary N) is 1. The highest BCUT2D eigenvalue weighted by Gasteiger charge is 2.42. The molecule has 0 radical (unpaired) electrons. The second-order valence-corrected chi connectivity index (χ2v) is 11.6. The molecule has 2 atom stereocenters. The molecule has 1 heterocycles. The second kappa shape index (κ2) is 13.8. The van der Waals surface area contributed by atoms with Gasteiger partial charge in [0.1, 0.15) is 5.82 Å². The number of methoxy groups -OCH3 is 6. The number of fused-ring (bicyclic) bond motifs is 1. The van der Waals surface area contributed by atoms with Gasteiger partial charge in [-0.05, 0) is 72.0 Å². The summed E-state index contributed by atoms with van der Waals surface area (Å²) in [7, 11) is 9.03. The van der Waals surface area contributed by atoms with Crippen LogP contribution in [-0.2, 0) is 4.79 Å². The van der Waals surface area contributed by atoms with E-state index in [-0.39, 0.29) is 35.2 Å². The van der Waals surface area contributed by atoms with Gasteiger partial charge in [-0.15, -0.1) is 0 Å². The largest absolute Gasteiger partial charge is 0.493 e. The van der Waals surface area contributed by atoms with Gasteiger partial charge in [-0.25, -0.2) is 4.39 Å². The molecule has 0 fully saturated rings. The third kappa shape index (κ3) is 5.96. The number of carbonyl (C=O) groups excluding carboxylic acids is 2. The summed E-state index contributed by atoms with van der Waals surface area (Å²) in [6.07, 6.45) is 0.527. The van der Waals surface area contributed by atoms with E-state index in [1.54, 1.807) is 44.6 Å². The van der Waals surface area contributed by atoms with Crippen LogP contribution in [-0.4, -0.2) is 54.3 Å². The molecule has 1 aliphatic heterocycles. The lowest BCUT2D eigenvalue weighted by Crippen LogP contribution is -2.38. The molecule has 4 aromatic rings. The molecule has 49 heavy (non-hydrogen) atoms. The minimum Gasteiger partial charge on any atom is -0.493 e. The van der Waals surface area contributed by atoms with Gasteiger partial charge < -0.3 is 33.7 Å². The van der Waals surface area contributed by atoms with Crippen LogP contribution in [0.15, 0.2) is 84.1 Å². The summed E-state index contributed by atoms with van der Waals surface area (Å²) < 4.78 is 48.3. The SMILES string of the molecule is COc1cc(C(=O)N2c3ccccc3NC3=C(C(=O)C[C@H](c4cc(OC)c(OC)c(OC)c4)C3)[C@@H]2c2cccc(F)c2)cc(OC)c1OC. The zero-order valence-corrected chi connectivity index (χ0v) is 28.1. The summed E-state index contributed by atoms with van der Waals surface area (Å²) >= 11 is 0. The molecule has 0 saturated heterocycles. The number of allylic oxidation sites excluding steroid dienone is 1. The fraction of sp³-hybridized carbons (Fsp3) is 0.263. The van der Waals surface area contributed by atoms with Crippen molar-refractivity contribution in [3.8, 4) is 34.5 Å². The van der Waals surface area contributed by atoms with E-state index in [9.17, 15) is 14.0 Å². The van der Waals surface area contributed by atoms with Crippen molar-refractivity contribution < 1.29 is 42.4 Å². The van der Waals surface area contributed by atoms with E-state index < -0.39 is 17.8 Å². The van der Waals surface area contributed by atoms with Crippen molar-refractivity contribution in [3.63, 3.8) is 0 Å². The van der Waals surface area contributed by atoms with E-state index in [1.165, 1.54) is 45.5 Å². The van der Waals surface area contributed by atoms with Crippen molar-refractivity contribution in [1.82, 2.24) is 0 Å². The van der Waals surface area contributed by atoms with Crippen LogP contribution in [0.2, 0.25) is 0 Å². The van der Waals surface area contributed by atoms with Gasteiger partial charge in [0.15, 0.2) is 28.8 Å². The Balaban J connectivity index is 1.55. The Morgan fingerprint density at radius 1 is 0.714 bits per heavy atom. The van der Waals surface area contributed by atoms with Gasteiger partial charge in [0.05, 0.1) is 60.1 Å². The van der Waals surface area contributed by atoms with E-state index in [4.69, 9.17) is 28.4 Å². The van der Waals surface area contributed by atoms with Gasteiger partial charge in [0.2, 0.25) is 11.5 Å². The predicted octanol–water partition coefficient (Wildman–Crippen LogP) is 7.09. The Morgan fingerprint density at radius 2 is 1.31 bits per heavy atom. The molecule has 0 unspecified atom stereocenters. The van der Waals surface area contributed by atoms with Crippen LogP contribution in [0.3, 0.4) is 0 Å². The van der Waals surface area contributed by atoms with Crippen LogP contribution in [0.5, 0.6) is 34.5 Å². The van der Waals surface area contributed by atoms with E-state index in [2.05, 4.69) is 5.32 Å². The maximum absolute atomic E-state index is 15.0. The number of para-hydroxylation sites is 2. The maximum Gasteiger partial charge on any atom is 0.259 e. The summed E-state index contributed by atoms with van der Waals surface area (Å²) in [5.74, 6) is 0.871. The fourth-order valence-corrected chi connectivity index (χ4v) is 6.72. The first kappa shape index (κ1) is 33.2. The van der Waals surface area contributed by atoms with Crippen LogP contribution in [0.1, 0.15) is 46.3 Å². The zero-order valence-electron chi connectivity index (χ0n) is 28.1. The fourth-order valence-electron chi connectivity index (χ4n) is 6.72. The number of benzene rings is 4. The van der Waals surface area contributed by atoms with E-state index in [0.717, 1.165) is 5.56 Å². The quantitative estimate of drug-likeness (QED) is 0.200. The van der Waals surface area contributed by atoms with Gasteiger partial charge in [0.25, 0.3) is 5.91 Å². The molecule has 4 aromatic carbocycles. The predicted molar refractivity (Wildman–Crippen MR) is 182 cm³/mol. The van der Waals surface area contributed by atoms with Crippen molar-refractivity contribution in [2.75, 3.05) is 52.9 Å². The minimum absolute atomic E-state index is 0.119. The molecule has 1 amide bonds. The normalized spacial score (nSPS) is 16.9. The lowest BCUT2D eigenvalue weighted by atomic mass is 9.78. The van der Waals surface area contributed by atoms with Gasteiger partial charge in [-0.1, -0.05) is 24.3 Å². The van der Waals surface area contributed by atoms with Crippen LogP contribution in [0.4, 0.5) is 15.8 Å². The molecule has 0 saturated carbocycles. The lowest BCUT2D eigenvalue weighted by molar-refractivity contribution is -0.116. The Morgan fingerprint density at radius 3 is 1.88 bits per heavy atom. The molecule has 10 nitrogen and oxygen atoms in total. The van der Waals surface area contributed by atoms with Crippen molar-refractivity contribution in [2.24, 2.45) is 0 Å². The van der Waals surface area contributed by atoms with Crippen LogP contribution < -0.4 is 38.6 Å². The summed E-state index contributed by atoms with van der Waals surface area (Å²) in [5, 5.41) is 3.50. The Labute approximate surface area is 283 Å². The van der Waals surface area contributed by atoms with E-state index in [1.807, 2.05) is 30.3 Å². The molecule has 0 bridgehead atoms.